The van der Waals surface area contributed by atoms with Crippen LogP contribution >= 0.6 is 35.0 Å². The number of carbonyl (C=O) groups is 2. The van der Waals surface area contributed by atoms with Gasteiger partial charge in [0.15, 0.2) is 0 Å². The van der Waals surface area contributed by atoms with Crippen molar-refractivity contribution in [1.29, 1.82) is 0 Å². The fourth-order valence-electron chi connectivity index (χ4n) is 3.07. The summed E-state index contributed by atoms with van der Waals surface area (Å²) in [6.45, 7) is 0.413. The Morgan fingerprint density at radius 1 is 1.10 bits per heavy atom. The van der Waals surface area contributed by atoms with Crippen molar-refractivity contribution in [3.63, 3.8) is 0 Å². The van der Waals surface area contributed by atoms with Gasteiger partial charge in [-0.15, -0.1) is 11.8 Å². The van der Waals surface area contributed by atoms with E-state index < -0.39 is 0 Å². The van der Waals surface area contributed by atoms with Gasteiger partial charge >= 0.3 is 0 Å². The zero-order chi connectivity index (χ0) is 20.4. The van der Waals surface area contributed by atoms with Gasteiger partial charge in [-0.05, 0) is 42.0 Å². The molecular weight excluding hydrogens is 431 g/mol. The van der Waals surface area contributed by atoms with Gasteiger partial charge in [0.2, 0.25) is 5.91 Å². The molecule has 0 bridgehead atoms. The van der Waals surface area contributed by atoms with Crippen LogP contribution in [-0.2, 0) is 11.3 Å². The van der Waals surface area contributed by atoms with Crippen molar-refractivity contribution in [3.05, 3.63) is 87.8 Å². The lowest BCUT2D eigenvalue weighted by Gasteiger charge is -2.23. The molecule has 1 N–H and O–H groups in total. The molecular formula is C21H16Cl2N2O3S. The molecule has 0 unspecified atom stereocenters. The second-order valence-corrected chi connectivity index (χ2v) is 8.32. The molecule has 1 aromatic heterocycles. The summed E-state index contributed by atoms with van der Waals surface area (Å²) in [6, 6.07) is 15.8. The smallest absolute Gasteiger partial charge is 0.255 e. The molecule has 2 aromatic carbocycles. The largest absolute Gasteiger partial charge is 0.467 e. The first kappa shape index (κ1) is 19.9. The van der Waals surface area contributed by atoms with E-state index in [1.807, 2.05) is 18.2 Å². The van der Waals surface area contributed by atoms with Crippen molar-refractivity contribution in [2.45, 2.75) is 11.9 Å². The molecule has 2 heterocycles. The van der Waals surface area contributed by atoms with Crippen LogP contribution < -0.4 is 5.32 Å². The fraction of sp³-hybridized carbons (Fsp3) is 0.143. The second-order valence-electron chi connectivity index (χ2n) is 6.44. The predicted molar refractivity (Wildman–Crippen MR) is 115 cm³/mol. The number of carbonyl (C=O) groups excluding carboxylic acids is 2. The van der Waals surface area contributed by atoms with Gasteiger partial charge in [-0.2, -0.15) is 0 Å². The SMILES string of the molecule is O=C(Nc1c(Cl)cccc1Cl)c1ccc([C@H]2SCC(=O)N2Cc2ccco2)cc1. The van der Waals surface area contributed by atoms with Gasteiger partial charge in [-0.25, -0.2) is 0 Å². The number of nitrogens with one attached hydrogen (secondary N) is 1. The topological polar surface area (TPSA) is 62.6 Å². The lowest BCUT2D eigenvalue weighted by molar-refractivity contribution is -0.128. The Bertz CT molecular complexity index is 1020. The number of anilines is 1. The van der Waals surface area contributed by atoms with Crippen LogP contribution in [0.15, 0.2) is 65.3 Å². The molecule has 8 heteroatoms. The maximum Gasteiger partial charge on any atom is 0.255 e. The van der Waals surface area contributed by atoms with Crippen molar-refractivity contribution in [1.82, 2.24) is 4.90 Å². The normalized spacial score (nSPS) is 16.3. The van der Waals surface area contributed by atoms with E-state index in [2.05, 4.69) is 5.32 Å². The van der Waals surface area contributed by atoms with E-state index in [9.17, 15) is 9.59 Å². The molecule has 1 fully saturated rings. The van der Waals surface area contributed by atoms with Crippen molar-refractivity contribution < 1.29 is 14.0 Å². The lowest BCUT2D eigenvalue weighted by Crippen LogP contribution is -2.27. The molecule has 5 nitrogen and oxygen atoms in total. The van der Waals surface area contributed by atoms with E-state index in [1.54, 1.807) is 59.3 Å². The Kier molecular flexibility index (Phi) is 5.85. The highest BCUT2D eigenvalue weighted by Crippen LogP contribution is 2.39. The van der Waals surface area contributed by atoms with E-state index >= 15 is 0 Å². The first-order valence-electron chi connectivity index (χ1n) is 8.81. The molecule has 1 atom stereocenters. The molecule has 29 heavy (non-hydrogen) atoms. The number of furan rings is 1. The van der Waals surface area contributed by atoms with Crippen molar-refractivity contribution >= 4 is 52.5 Å². The van der Waals surface area contributed by atoms with Crippen LogP contribution in [0.3, 0.4) is 0 Å². The zero-order valence-electron chi connectivity index (χ0n) is 15.1. The van der Waals surface area contributed by atoms with Gasteiger partial charge in [0.1, 0.15) is 11.1 Å². The number of nitrogens with zero attached hydrogens (tertiary/aromatic N) is 1. The maximum atomic E-state index is 12.6. The summed E-state index contributed by atoms with van der Waals surface area (Å²) >= 11 is 13.8. The average Bonchev–Trinajstić information content (AvgIpc) is 3.36. The molecule has 148 valence electrons. The van der Waals surface area contributed by atoms with Crippen LogP contribution in [0.1, 0.15) is 27.1 Å². The molecule has 1 saturated heterocycles. The lowest BCUT2D eigenvalue weighted by atomic mass is 10.1. The standard InChI is InChI=1S/C21H16Cl2N2O3S/c22-16-4-1-5-17(23)19(16)24-20(27)13-6-8-14(9-7-13)21-25(18(26)12-29-21)11-15-3-2-10-28-15/h1-10,21H,11-12H2,(H,24,27)/t21-/m1/s1. The molecule has 3 aromatic rings. The summed E-state index contributed by atoms with van der Waals surface area (Å²) in [5.74, 6) is 0.901. The Hall–Kier alpha value is -2.41. The summed E-state index contributed by atoms with van der Waals surface area (Å²) in [5.41, 5.74) is 1.79. The molecule has 1 aliphatic rings. The van der Waals surface area contributed by atoms with Crippen LogP contribution in [-0.4, -0.2) is 22.5 Å². The molecule has 0 aliphatic carbocycles. The number of para-hydroxylation sites is 1. The highest BCUT2D eigenvalue weighted by molar-refractivity contribution is 8.00. The molecule has 0 radical (unpaired) electrons. The van der Waals surface area contributed by atoms with Crippen LogP contribution in [0.4, 0.5) is 5.69 Å². The van der Waals surface area contributed by atoms with E-state index in [0.29, 0.717) is 33.6 Å². The van der Waals surface area contributed by atoms with E-state index in [0.717, 1.165) is 11.3 Å². The maximum absolute atomic E-state index is 12.6. The van der Waals surface area contributed by atoms with Gasteiger partial charge in [0.05, 0.1) is 34.3 Å². The van der Waals surface area contributed by atoms with Crippen molar-refractivity contribution in [2.75, 3.05) is 11.1 Å². The number of amides is 2. The summed E-state index contributed by atoms with van der Waals surface area (Å²) in [6.07, 6.45) is 1.59. The Balaban J connectivity index is 1.50. The third kappa shape index (κ3) is 4.29. The minimum Gasteiger partial charge on any atom is -0.467 e. The van der Waals surface area contributed by atoms with Gasteiger partial charge in [-0.1, -0.05) is 41.4 Å². The molecule has 0 spiro atoms. The first-order chi connectivity index (χ1) is 14.0. The monoisotopic (exact) mass is 446 g/mol. The molecule has 0 saturated carbocycles. The summed E-state index contributed by atoms with van der Waals surface area (Å²) < 4.78 is 5.38. The zero-order valence-corrected chi connectivity index (χ0v) is 17.4. The Morgan fingerprint density at radius 2 is 1.83 bits per heavy atom. The summed E-state index contributed by atoms with van der Waals surface area (Å²) in [7, 11) is 0. The highest BCUT2D eigenvalue weighted by Gasteiger charge is 2.33. The fourth-order valence-corrected chi connectivity index (χ4v) is 4.75. The van der Waals surface area contributed by atoms with Crippen molar-refractivity contribution in [3.8, 4) is 0 Å². The highest BCUT2D eigenvalue weighted by atomic mass is 35.5. The summed E-state index contributed by atoms with van der Waals surface area (Å²) in [5, 5.41) is 3.37. The number of rotatable bonds is 5. The number of hydrogen-bond acceptors (Lipinski definition) is 4. The van der Waals surface area contributed by atoms with Gasteiger partial charge in [0, 0.05) is 5.56 Å². The Labute approximate surface area is 182 Å². The molecule has 4 rings (SSSR count). The molecule has 1 aliphatic heterocycles. The first-order valence-corrected chi connectivity index (χ1v) is 10.6. The van der Waals surface area contributed by atoms with Gasteiger partial charge < -0.3 is 14.6 Å². The third-order valence-electron chi connectivity index (χ3n) is 4.53. The van der Waals surface area contributed by atoms with E-state index in [-0.39, 0.29) is 17.2 Å². The van der Waals surface area contributed by atoms with Crippen LogP contribution in [0, 0.1) is 0 Å². The number of thioether (sulfide) groups is 1. The van der Waals surface area contributed by atoms with E-state index in [1.165, 1.54) is 0 Å². The predicted octanol–water partition coefficient (Wildman–Crippen LogP) is 5.61. The van der Waals surface area contributed by atoms with Gasteiger partial charge in [-0.3, -0.25) is 9.59 Å². The van der Waals surface area contributed by atoms with Crippen LogP contribution in [0.25, 0.3) is 0 Å². The van der Waals surface area contributed by atoms with Crippen LogP contribution in [0.2, 0.25) is 10.0 Å². The number of halogens is 2. The third-order valence-corrected chi connectivity index (χ3v) is 6.42. The van der Waals surface area contributed by atoms with Crippen LogP contribution in [0.5, 0.6) is 0 Å². The van der Waals surface area contributed by atoms with E-state index in [4.69, 9.17) is 27.6 Å². The average molecular weight is 447 g/mol. The van der Waals surface area contributed by atoms with Crippen molar-refractivity contribution in [2.24, 2.45) is 0 Å². The minimum absolute atomic E-state index is 0.0616. The Morgan fingerprint density at radius 3 is 2.48 bits per heavy atom. The number of benzene rings is 2. The quantitative estimate of drug-likeness (QED) is 0.552. The minimum atomic E-state index is -0.311. The van der Waals surface area contributed by atoms with Gasteiger partial charge in [0.25, 0.3) is 5.91 Å². The summed E-state index contributed by atoms with van der Waals surface area (Å²) in [4.78, 5) is 26.6. The second kappa shape index (κ2) is 8.53. The molecule has 2 amide bonds. The number of hydrogen-bond donors (Lipinski definition) is 1.